The molecule has 0 radical (unpaired) electrons. The lowest BCUT2D eigenvalue weighted by Gasteiger charge is -2.38. The minimum atomic E-state index is -0.138. The van der Waals surface area contributed by atoms with Crippen molar-refractivity contribution in [3.63, 3.8) is 0 Å². The Labute approximate surface area is 119 Å². The summed E-state index contributed by atoms with van der Waals surface area (Å²) in [5, 5.41) is 0. The van der Waals surface area contributed by atoms with Crippen molar-refractivity contribution in [2.24, 2.45) is 0 Å². The summed E-state index contributed by atoms with van der Waals surface area (Å²) in [6, 6.07) is 0. The molecule has 0 N–H and O–H groups in total. The van der Waals surface area contributed by atoms with Gasteiger partial charge >= 0.3 is 0 Å². The summed E-state index contributed by atoms with van der Waals surface area (Å²) in [5.74, 6) is 0.510. The lowest BCUT2D eigenvalue weighted by molar-refractivity contribution is -0.130. The quantitative estimate of drug-likeness (QED) is 0.474. The largest absolute Gasteiger partial charge is 0.298 e. The first-order chi connectivity index (χ1) is 9.13. The molecule has 1 saturated carbocycles. The van der Waals surface area contributed by atoms with Gasteiger partial charge in [-0.1, -0.05) is 58.3 Å². The van der Waals surface area contributed by atoms with Gasteiger partial charge in [-0.3, -0.25) is 9.69 Å². The highest BCUT2D eigenvalue weighted by molar-refractivity contribution is 5.88. The van der Waals surface area contributed by atoms with E-state index in [0.717, 1.165) is 25.7 Å². The van der Waals surface area contributed by atoms with E-state index in [0.29, 0.717) is 5.78 Å². The maximum Gasteiger partial charge on any atom is 0.153 e. The van der Waals surface area contributed by atoms with Crippen LogP contribution >= 0.6 is 0 Å². The summed E-state index contributed by atoms with van der Waals surface area (Å²) in [6.07, 6.45) is 14.2. The average Bonchev–Trinajstić information content (AvgIpc) is 2.64. The molecule has 2 nitrogen and oxygen atoms in total. The zero-order valence-electron chi connectivity index (χ0n) is 13.3. The van der Waals surface area contributed by atoms with Crippen molar-refractivity contribution >= 4 is 5.78 Å². The van der Waals surface area contributed by atoms with Crippen molar-refractivity contribution in [2.45, 2.75) is 89.5 Å². The van der Waals surface area contributed by atoms with Crippen LogP contribution in [0, 0.1) is 0 Å². The fourth-order valence-electron chi connectivity index (χ4n) is 3.41. The second-order valence-corrected chi connectivity index (χ2v) is 6.43. The molecule has 0 amide bonds. The van der Waals surface area contributed by atoms with E-state index in [1.54, 1.807) is 0 Å². The first kappa shape index (κ1) is 16.7. The van der Waals surface area contributed by atoms with Crippen LogP contribution in [0.15, 0.2) is 0 Å². The standard InChI is InChI=1S/C17H33NO/c1-4-5-6-7-10-13-16(19)17(18(2)3)14-11-8-9-12-15-17/h4-15H2,1-3H3. The predicted molar refractivity (Wildman–Crippen MR) is 82.5 cm³/mol. The Morgan fingerprint density at radius 1 is 0.947 bits per heavy atom. The molecular weight excluding hydrogens is 234 g/mol. The number of ketones is 1. The minimum absolute atomic E-state index is 0.138. The van der Waals surface area contributed by atoms with Crippen molar-refractivity contribution in [2.75, 3.05) is 14.1 Å². The Kier molecular flexibility index (Phi) is 7.67. The number of rotatable bonds is 8. The number of hydrogen-bond acceptors (Lipinski definition) is 2. The third-order valence-electron chi connectivity index (χ3n) is 4.81. The van der Waals surface area contributed by atoms with Crippen LogP contribution in [-0.2, 0) is 4.79 Å². The predicted octanol–water partition coefficient (Wildman–Crippen LogP) is 4.57. The molecule has 112 valence electrons. The monoisotopic (exact) mass is 267 g/mol. The lowest BCUT2D eigenvalue weighted by Crippen LogP contribution is -2.50. The first-order valence-electron chi connectivity index (χ1n) is 8.34. The van der Waals surface area contributed by atoms with E-state index in [2.05, 4.69) is 25.9 Å². The molecule has 0 aliphatic heterocycles. The van der Waals surface area contributed by atoms with Crippen LogP contribution in [0.25, 0.3) is 0 Å². The zero-order chi connectivity index (χ0) is 14.1. The van der Waals surface area contributed by atoms with Gasteiger partial charge in [0.15, 0.2) is 5.78 Å². The maximum atomic E-state index is 12.7. The van der Waals surface area contributed by atoms with E-state index < -0.39 is 0 Å². The van der Waals surface area contributed by atoms with Crippen LogP contribution in [0.5, 0.6) is 0 Å². The van der Waals surface area contributed by atoms with Gasteiger partial charge in [0.25, 0.3) is 0 Å². The Morgan fingerprint density at radius 3 is 2.05 bits per heavy atom. The number of carbonyl (C=O) groups is 1. The maximum absolute atomic E-state index is 12.7. The number of Topliss-reactive ketones (excluding diaryl/α,β-unsaturated/α-hetero) is 1. The highest BCUT2D eigenvalue weighted by Crippen LogP contribution is 2.33. The van der Waals surface area contributed by atoms with Crippen molar-refractivity contribution in [3.8, 4) is 0 Å². The number of unbranched alkanes of at least 4 members (excludes halogenated alkanes) is 4. The van der Waals surface area contributed by atoms with Crippen LogP contribution in [-0.4, -0.2) is 30.3 Å². The van der Waals surface area contributed by atoms with Gasteiger partial charge in [-0.05, 0) is 33.4 Å². The molecule has 0 unspecified atom stereocenters. The van der Waals surface area contributed by atoms with Crippen molar-refractivity contribution < 1.29 is 4.79 Å². The minimum Gasteiger partial charge on any atom is -0.298 e. The third kappa shape index (κ3) is 4.91. The van der Waals surface area contributed by atoms with Gasteiger partial charge in [0.05, 0.1) is 5.54 Å². The normalized spacial score (nSPS) is 19.4. The van der Waals surface area contributed by atoms with Gasteiger partial charge in [0, 0.05) is 6.42 Å². The van der Waals surface area contributed by atoms with Gasteiger partial charge in [0.2, 0.25) is 0 Å². The van der Waals surface area contributed by atoms with E-state index >= 15 is 0 Å². The van der Waals surface area contributed by atoms with E-state index in [-0.39, 0.29) is 5.54 Å². The van der Waals surface area contributed by atoms with Gasteiger partial charge in [-0.25, -0.2) is 0 Å². The van der Waals surface area contributed by atoms with Gasteiger partial charge in [-0.2, -0.15) is 0 Å². The highest BCUT2D eigenvalue weighted by atomic mass is 16.1. The summed E-state index contributed by atoms with van der Waals surface area (Å²) in [5.41, 5.74) is -0.138. The Morgan fingerprint density at radius 2 is 1.53 bits per heavy atom. The molecule has 0 spiro atoms. The topological polar surface area (TPSA) is 20.3 Å². The summed E-state index contributed by atoms with van der Waals surface area (Å²) in [7, 11) is 4.20. The lowest BCUT2D eigenvalue weighted by atomic mass is 9.82. The average molecular weight is 267 g/mol. The molecule has 1 aliphatic carbocycles. The Hall–Kier alpha value is -0.370. The Bertz CT molecular complexity index is 252. The molecule has 0 heterocycles. The van der Waals surface area contributed by atoms with E-state index in [1.165, 1.54) is 51.4 Å². The molecule has 0 aromatic carbocycles. The molecule has 0 saturated heterocycles. The van der Waals surface area contributed by atoms with E-state index in [9.17, 15) is 4.79 Å². The first-order valence-corrected chi connectivity index (χ1v) is 8.34. The molecule has 19 heavy (non-hydrogen) atoms. The molecule has 0 aromatic rings. The van der Waals surface area contributed by atoms with Gasteiger partial charge in [-0.15, -0.1) is 0 Å². The number of hydrogen-bond donors (Lipinski definition) is 0. The SMILES string of the molecule is CCCCCCCC(=O)C1(N(C)C)CCCCCC1. The molecule has 1 aliphatic rings. The van der Waals surface area contributed by atoms with Crippen LogP contribution in [0.1, 0.15) is 84.0 Å². The fourth-order valence-corrected chi connectivity index (χ4v) is 3.41. The summed E-state index contributed by atoms with van der Waals surface area (Å²) in [4.78, 5) is 14.9. The number of likely N-dealkylation sites (N-methyl/N-ethyl adjacent to an activating group) is 1. The second kappa shape index (κ2) is 8.73. The smallest absolute Gasteiger partial charge is 0.153 e. The van der Waals surface area contributed by atoms with Crippen molar-refractivity contribution in [1.82, 2.24) is 4.90 Å². The van der Waals surface area contributed by atoms with Crippen LogP contribution in [0.4, 0.5) is 0 Å². The fraction of sp³-hybridized carbons (Fsp3) is 0.941. The number of nitrogens with zero attached hydrogens (tertiary/aromatic N) is 1. The van der Waals surface area contributed by atoms with E-state index in [1.807, 2.05) is 0 Å². The summed E-state index contributed by atoms with van der Waals surface area (Å²) in [6.45, 7) is 2.23. The van der Waals surface area contributed by atoms with Crippen molar-refractivity contribution in [1.29, 1.82) is 0 Å². The Balaban J connectivity index is 2.48. The summed E-state index contributed by atoms with van der Waals surface area (Å²) >= 11 is 0. The molecule has 0 aromatic heterocycles. The third-order valence-corrected chi connectivity index (χ3v) is 4.81. The molecular formula is C17H33NO. The molecule has 1 rings (SSSR count). The van der Waals surface area contributed by atoms with Crippen LogP contribution < -0.4 is 0 Å². The zero-order valence-corrected chi connectivity index (χ0v) is 13.3. The summed E-state index contributed by atoms with van der Waals surface area (Å²) < 4.78 is 0. The molecule has 2 heteroatoms. The molecule has 0 bridgehead atoms. The molecule has 0 atom stereocenters. The van der Waals surface area contributed by atoms with Crippen molar-refractivity contribution in [3.05, 3.63) is 0 Å². The second-order valence-electron chi connectivity index (χ2n) is 6.43. The number of carbonyl (C=O) groups excluding carboxylic acids is 1. The van der Waals surface area contributed by atoms with Gasteiger partial charge in [0.1, 0.15) is 0 Å². The molecule has 1 fully saturated rings. The van der Waals surface area contributed by atoms with Crippen LogP contribution in [0.3, 0.4) is 0 Å². The van der Waals surface area contributed by atoms with Crippen LogP contribution in [0.2, 0.25) is 0 Å². The van der Waals surface area contributed by atoms with Gasteiger partial charge < -0.3 is 0 Å². The van der Waals surface area contributed by atoms with E-state index in [4.69, 9.17) is 0 Å². The highest BCUT2D eigenvalue weighted by Gasteiger charge is 2.39.